The van der Waals surface area contributed by atoms with E-state index >= 15 is 0 Å². The molecule has 1 atom stereocenters. The Balaban J connectivity index is 1.33. The number of carbonyl (C=O) groups is 4. The van der Waals surface area contributed by atoms with E-state index in [0.29, 0.717) is 49.5 Å². The number of amides is 3. The van der Waals surface area contributed by atoms with Gasteiger partial charge in [-0.25, -0.2) is 0 Å². The highest BCUT2D eigenvalue weighted by molar-refractivity contribution is 6.01. The van der Waals surface area contributed by atoms with Crippen molar-refractivity contribution in [1.29, 1.82) is 0 Å². The van der Waals surface area contributed by atoms with Crippen LogP contribution in [0.25, 0.3) is 0 Å². The summed E-state index contributed by atoms with van der Waals surface area (Å²) in [5, 5.41) is 5.52. The lowest BCUT2D eigenvalue weighted by Gasteiger charge is -2.35. The second kappa shape index (κ2) is 8.43. The minimum Gasteiger partial charge on any atom is -0.482 e. The molecule has 0 bridgehead atoms. The van der Waals surface area contributed by atoms with Crippen LogP contribution in [0.3, 0.4) is 0 Å². The monoisotopic (exact) mass is 414 g/mol. The van der Waals surface area contributed by atoms with Gasteiger partial charge in [-0.2, -0.15) is 0 Å². The van der Waals surface area contributed by atoms with Gasteiger partial charge in [0.1, 0.15) is 5.75 Å². The van der Waals surface area contributed by atoms with Crippen molar-refractivity contribution in [3.05, 3.63) is 23.8 Å². The molecule has 0 aliphatic carbocycles. The molecule has 2 fully saturated rings. The number of hydrogen-bond donors (Lipinski definition) is 2. The number of ether oxygens (including phenoxy) is 1. The highest BCUT2D eigenvalue weighted by Crippen LogP contribution is 2.31. The molecule has 9 nitrogen and oxygen atoms in total. The highest BCUT2D eigenvalue weighted by Gasteiger charge is 2.33. The Bertz CT molecular complexity index is 878. The van der Waals surface area contributed by atoms with Gasteiger partial charge in [0.2, 0.25) is 11.8 Å². The summed E-state index contributed by atoms with van der Waals surface area (Å²) >= 11 is 0. The number of fused-ring (bicyclic) bond motifs is 1. The van der Waals surface area contributed by atoms with Crippen molar-refractivity contribution in [3.63, 3.8) is 0 Å². The summed E-state index contributed by atoms with van der Waals surface area (Å²) < 4.78 is 5.33. The molecule has 0 saturated carbocycles. The molecular weight excluding hydrogens is 388 g/mol. The topological polar surface area (TPSA) is 108 Å². The number of Topliss-reactive ketones (excluding diaryl/α,β-unsaturated/α-hetero) is 1. The van der Waals surface area contributed by atoms with Crippen molar-refractivity contribution < 1.29 is 23.9 Å². The summed E-state index contributed by atoms with van der Waals surface area (Å²) in [4.78, 5) is 52.8. The van der Waals surface area contributed by atoms with Crippen LogP contribution in [0.4, 0.5) is 5.69 Å². The number of nitrogens with one attached hydrogen (secondary N) is 2. The molecular formula is C21H26N4O5. The van der Waals surface area contributed by atoms with Crippen LogP contribution in [0, 0.1) is 5.92 Å². The third-order valence-electron chi connectivity index (χ3n) is 6.08. The zero-order chi connectivity index (χ0) is 21.3. The average molecular weight is 414 g/mol. The molecule has 0 aromatic heterocycles. The first kappa shape index (κ1) is 20.3. The molecule has 0 spiro atoms. The van der Waals surface area contributed by atoms with E-state index in [1.54, 1.807) is 23.1 Å². The maximum absolute atomic E-state index is 12.9. The lowest BCUT2D eigenvalue weighted by molar-refractivity contribution is -0.139. The predicted molar refractivity (Wildman–Crippen MR) is 108 cm³/mol. The van der Waals surface area contributed by atoms with Crippen LogP contribution >= 0.6 is 0 Å². The van der Waals surface area contributed by atoms with Crippen molar-refractivity contribution in [3.8, 4) is 5.75 Å². The molecule has 3 amide bonds. The molecule has 9 heteroatoms. The fourth-order valence-corrected chi connectivity index (χ4v) is 4.24. The molecule has 160 valence electrons. The Morgan fingerprint density at radius 1 is 1.17 bits per heavy atom. The predicted octanol–water partition coefficient (Wildman–Crippen LogP) is 0.259. The lowest BCUT2D eigenvalue weighted by Crippen LogP contribution is -2.55. The lowest BCUT2D eigenvalue weighted by atomic mass is 9.88. The summed E-state index contributed by atoms with van der Waals surface area (Å²) in [5.41, 5.74) is 1.05. The molecule has 30 heavy (non-hydrogen) atoms. The van der Waals surface area contributed by atoms with Gasteiger partial charge in [0.05, 0.1) is 18.2 Å². The molecule has 1 aromatic rings. The first-order chi connectivity index (χ1) is 14.4. The molecule has 3 aliphatic rings. The Morgan fingerprint density at radius 2 is 1.93 bits per heavy atom. The average Bonchev–Trinajstić information content (AvgIpc) is 2.75. The molecule has 1 aromatic carbocycles. The SMILES string of the molecule is CN1CCNC(=O)C1CC(=O)N1CCC(C(=O)c2ccc3c(c2)NC(=O)CO3)CC1. The van der Waals surface area contributed by atoms with Crippen LogP contribution in [-0.4, -0.2) is 79.2 Å². The largest absolute Gasteiger partial charge is 0.482 e. The van der Waals surface area contributed by atoms with Crippen molar-refractivity contribution in [2.75, 3.05) is 45.2 Å². The van der Waals surface area contributed by atoms with Crippen LogP contribution in [0.15, 0.2) is 18.2 Å². The minimum atomic E-state index is -0.432. The van der Waals surface area contributed by atoms with E-state index in [0.717, 1.165) is 6.54 Å². The van der Waals surface area contributed by atoms with Crippen LogP contribution in [0.2, 0.25) is 0 Å². The van der Waals surface area contributed by atoms with Gasteiger partial charge in [-0.1, -0.05) is 0 Å². The van der Waals surface area contributed by atoms with E-state index in [4.69, 9.17) is 4.74 Å². The van der Waals surface area contributed by atoms with Gasteiger partial charge in [0.25, 0.3) is 5.91 Å². The maximum atomic E-state index is 12.9. The number of ketones is 1. The van der Waals surface area contributed by atoms with Gasteiger partial charge in [0, 0.05) is 37.7 Å². The molecule has 1 unspecified atom stereocenters. The third-order valence-corrected chi connectivity index (χ3v) is 6.08. The van der Waals surface area contributed by atoms with Gasteiger partial charge in [-0.3, -0.25) is 24.1 Å². The van der Waals surface area contributed by atoms with Crippen molar-refractivity contribution in [2.24, 2.45) is 5.92 Å². The minimum absolute atomic E-state index is 0.0103. The summed E-state index contributed by atoms with van der Waals surface area (Å²) in [6.45, 7) is 2.31. The summed E-state index contributed by atoms with van der Waals surface area (Å²) in [7, 11) is 1.85. The Hall–Kier alpha value is -2.94. The first-order valence-corrected chi connectivity index (χ1v) is 10.3. The fourth-order valence-electron chi connectivity index (χ4n) is 4.24. The van der Waals surface area contributed by atoms with Crippen molar-refractivity contribution in [2.45, 2.75) is 25.3 Å². The van der Waals surface area contributed by atoms with Crippen molar-refractivity contribution in [1.82, 2.24) is 15.1 Å². The van der Waals surface area contributed by atoms with Crippen LogP contribution < -0.4 is 15.4 Å². The van der Waals surface area contributed by atoms with Crippen LogP contribution in [0.1, 0.15) is 29.6 Å². The number of nitrogens with zero attached hydrogens (tertiary/aromatic N) is 2. The quantitative estimate of drug-likeness (QED) is 0.685. The number of carbonyl (C=O) groups excluding carboxylic acids is 4. The second-order valence-corrected chi connectivity index (χ2v) is 8.06. The Labute approximate surface area is 174 Å². The zero-order valence-electron chi connectivity index (χ0n) is 17.0. The van der Waals surface area contributed by atoms with E-state index in [1.807, 2.05) is 11.9 Å². The number of likely N-dealkylation sites (tertiary alicyclic amines) is 1. The first-order valence-electron chi connectivity index (χ1n) is 10.3. The zero-order valence-corrected chi connectivity index (χ0v) is 17.0. The van der Waals surface area contributed by atoms with Gasteiger partial charge in [-0.05, 0) is 38.1 Å². The van der Waals surface area contributed by atoms with E-state index in [1.165, 1.54) is 0 Å². The van der Waals surface area contributed by atoms with Crippen LogP contribution in [-0.2, 0) is 14.4 Å². The van der Waals surface area contributed by atoms with Gasteiger partial charge in [-0.15, -0.1) is 0 Å². The second-order valence-electron chi connectivity index (χ2n) is 8.06. The number of benzene rings is 1. The van der Waals surface area contributed by atoms with Gasteiger partial charge >= 0.3 is 0 Å². The van der Waals surface area contributed by atoms with E-state index in [-0.39, 0.29) is 42.5 Å². The number of piperazine rings is 1. The smallest absolute Gasteiger partial charge is 0.262 e. The number of likely N-dealkylation sites (N-methyl/N-ethyl adjacent to an activating group) is 1. The van der Waals surface area contributed by atoms with Crippen molar-refractivity contribution >= 4 is 29.2 Å². The molecule has 4 rings (SSSR count). The molecule has 2 N–H and O–H groups in total. The molecule has 3 heterocycles. The molecule has 0 radical (unpaired) electrons. The Morgan fingerprint density at radius 3 is 2.67 bits per heavy atom. The number of piperidine rings is 1. The van der Waals surface area contributed by atoms with Gasteiger partial charge < -0.3 is 20.3 Å². The Kier molecular flexibility index (Phi) is 5.72. The third kappa shape index (κ3) is 4.16. The summed E-state index contributed by atoms with van der Waals surface area (Å²) in [6.07, 6.45) is 1.32. The van der Waals surface area contributed by atoms with E-state index < -0.39 is 6.04 Å². The number of hydrogen-bond acceptors (Lipinski definition) is 6. The van der Waals surface area contributed by atoms with Crippen LogP contribution in [0.5, 0.6) is 5.75 Å². The molecule has 2 saturated heterocycles. The maximum Gasteiger partial charge on any atom is 0.262 e. The fraction of sp³-hybridized carbons (Fsp3) is 0.524. The summed E-state index contributed by atoms with van der Waals surface area (Å²) in [5.74, 6) is -0.00217. The number of rotatable bonds is 4. The standard InChI is InChI=1S/C21H26N4O5/c1-24-9-6-22-21(29)16(24)11-19(27)25-7-4-13(5-8-25)20(28)14-2-3-17-15(10-14)23-18(26)12-30-17/h2-3,10,13,16H,4-9,11-12H2,1H3,(H,22,29)(H,23,26). The number of anilines is 1. The highest BCUT2D eigenvalue weighted by atomic mass is 16.5. The van der Waals surface area contributed by atoms with E-state index in [2.05, 4.69) is 10.6 Å². The molecule has 3 aliphatic heterocycles. The van der Waals surface area contributed by atoms with Gasteiger partial charge in [0.15, 0.2) is 12.4 Å². The normalized spacial score (nSPS) is 22.6. The van der Waals surface area contributed by atoms with E-state index in [9.17, 15) is 19.2 Å². The summed E-state index contributed by atoms with van der Waals surface area (Å²) in [6, 6.07) is 4.64.